The van der Waals surface area contributed by atoms with Gasteiger partial charge in [-0.25, -0.2) is 0 Å². The zero-order chi connectivity index (χ0) is 22.2. The van der Waals surface area contributed by atoms with Crippen molar-refractivity contribution in [3.63, 3.8) is 0 Å². The molecular formula is C24H28ClIN2O3. The number of benzene rings is 2. The maximum Gasteiger partial charge on any atom is 0.261 e. The van der Waals surface area contributed by atoms with E-state index < -0.39 is 6.04 Å². The summed E-state index contributed by atoms with van der Waals surface area (Å²) in [6.45, 7) is 2.13. The van der Waals surface area contributed by atoms with Crippen molar-refractivity contribution in [3.05, 3.63) is 62.7 Å². The largest absolute Gasteiger partial charge is 0.484 e. The van der Waals surface area contributed by atoms with E-state index in [0.717, 1.165) is 34.8 Å². The fourth-order valence-corrected chi connectivity index (χ4v) is 4.32. The molecule has 166 valence electrons. The summed E-state index contributed by atoms with van der Waals surface area (Å²) in [5.41, 5.74) is 0.916. The van der Waals surface area contributed by atoms with Crippen LogP contribution >= 0.6 is 34.2 Å². The Bertz CT molecular complexity index is 867. The number of amides is 2. The highest BCUT2D eigenvalue weighted by Crippen LogP contribution is 2.20. The Morgan fingerprint density at radius 1 is 1.13 bits per heavy atom. The molecular weight excluding hydrogens is 527 g/mol. The third kappa shape index (κ3) is 7.10. The van der Waals surface area contributed by atoms with Gasteiger partial charge in [-0.15, -0.1) is 0 Å². The molecule has 1 N–H and O–H groups in total. The van der Waals surface area contributed by atoms with Gasteiger partial charge >= 0.3 is 0 Å². The molecule has 0 aliphatic heterocycles. The highest BCUT2D eigenvalue weighted by molar-refractivity contribution is 14.1. The van der Waals surface area contributed by atoms with Crippen LogP contribution in [0.25, 0.3) is 0 Å². The molecule has 2 aromatic rings. The highest BCUT2D eigenvalue weighted by atomic mass is 127. The molecule has 0 spiro atoms. The quantitative estimate of drug-likeness (QED) is 0.434. The summed E-state index contributed by atoms with van der Waals surface area (Å²) in [6.07, 6.45) is 4.81. The average molecular weight is 555 g/mol. The number of carbonyl (C=O) groups is 2. The highest BCUT2D eigenvalue weighted by Gasteiger charge is 2.30. The summed E-state index contributed by atoms with van der Waals surface area (Å²) in [5.74, 6) is 0.316. The summed E-state index contributed by atoms with van der Waals surface area (Å²) in [7, 11) is 0. The Morgan fingerprint density at radius 3 is 2.39 bits per heavy atom. The Labute approximate surface area is 202 Å². The number of hydrogen-bond acceptors (Lipinski definition) is 3. The first kappa shape index (κ1) is 23.9. The van der Waals surface area contributed by atoms with Crippen LogP contribution in [0.1, 0.15) is 44.6 Å². The van der Waals surface area contributed by atoms with Gasteiger partial charge in [0, 0.05) is 21.2 Å². The van der Waals surface area contributed by atoms with Gasteiger partial charge in [-0.3, -0.25) is 9.59 Å². The summed E-state index contributed by atoms with van der Waals surface area (Å²) in [4.78, 5) is 27.9. The molecule has 0 bridgehead atoms. The molecule has 1 aliphatic rings. The van der Waals surface area contributed by atoms with Crippen LogP contribution in [0.2, 0.25) is 5.02 Å². The molecule has 1 fully saturated rings. The van der Waals surface area contributed by atoms with Crippen molar-refractivity contribution >= 4 is 46.0 Å². The second-order valence-corrected chi connectivity index (χ2v) is 9.49. The van der Waals surface area contributed by atoms with Crippen LogP contribution in [-0.2, 0) is 16.1 Å². The van der Waals surface area contributed by atoms with Gasteiger partial charge in [0.2, 0.25) is 5.91 Å². The number of ether oxygens (including phenoxy) is 1. The second kappa shape index (κ2) is 11.7. The maximum atomic E-state index is 13.2. The summed E-state index contributed by atoms with van der Waals surface area (Å²) in [6, 6.07) is 14.5. The van der Waals surface area contributed by atoms with Crippen molar-refractivity contribution in [2.45, 2.75) is 57.7 Å². The molecule has 1 saturated carbocycles. The van der Waals surface area contributed by atoms with Crippen molar-refractivity contribution in [2.24, 2.45) is 0 Å². The molecule has 5 nitrogen and oxygen atoms in total. The molecule has 0 radical (unpaired) electrons. The van der Waals surface area contributed by atoms with E-state index >= 15 is 0 Å². The van der Waals surface area contributed by atoms with Crippen molar-refractivity contribution in [1.29, 1.82) is 0 Å². The Kier molecular flexibility index (Phi) is 9.02. The summed E-state index contributed by atoms with van der Waals surface area (Å²) < 4.78 is 6.81. The third-order valence-electron chi connectivity index (χ3n) is 5.53. The molecule has 0 heterocycles. The topological polar surface area (TPSA) is 58.6 Å². The van der Waals surface area contributed by atoms with Crippen LogP contribution < -0.4 is 10.1 Å². The number of nitrogens with zero attached hydrogens (tertiary/aromatic N) is 1. The Hall–Kier alpha value is -1.80. The molecule has 31 heavy (non-hydrogen) atoms. The molecule has 2 amide bonds. The molecule has 1 aliphatic carbocycles. The van der Waals surface area contributed by atoms with Crippen molar-refractivity contribution in [2.75, 3.05) is 6.61 Å². The standard InChI is InChI=1S/C24H28ClIN2O3/c1-2-22(24(30)27-20-5-3-4-6-20)28(15-17-7-9-18(25)10-8-17)23(29)16-31-21-13-11-19(26)12-14-21/h7-14,20,22H,2-6,15-16H2,1H3,(H,27,30)/t22-/m0/s1. The first-order valence-corrected chi connectivity index (χ1v) is 12.1. The Balaban J connectivity index is 1.74. The van der Waals surface area contributed by atoms with E-state index in [4.69, 9.17) is 16.3 Å². The van der Waals surface area contributed by atoms with Gasteiger partial charge in [0.25, 0.3) is 5.91 Å². The minimum atomic E-state index is -0.552. The molecule has 2 aromatic carbocycles. The number of hydrogen-bond donors (Lipinski definition) is 1. The first-order chi connectivity index (χ1) is 15.0. The molecule has 0 aromatic heterocycles. The number of carbonyl (C=O) groups excluding carboxylic acids is 2. The van der Waals surface area contributed by atoms with Crippen molar-refractivity contribution in [1.82, 2.24) is 10.2 Å². The van der Waals surface area contributed by atoms with Crippen LogP contribution in [0.4, 0.5) is 0 Å². The zero-order valence-electron chi connectivity index (χ0n) is 17.7. The molecule has 1 atom stereocenters. The predicted octanol–water partition coefficient (Wildman–Crippen LogP) is 5.19. The SMILES string of the molecule is CC[C@@H](C(=O)NC1CCCC1)N(Cc1ccc(Cl)cc1)C(=O)COc1ccc(I)cc1. The zero-order valence-corrected chi connectivity index (χ0v) is 20.6. The molecule has 0 unspecified atom stereocenters. The van der Waals surface area contributed by atoms with Crippen molar-refractivity contribution < 1.29 is 14.3 Å². The lowest BCUT2D eigenvalue weighted by Crippen LogP contribution is -2.52. The minimum absolute atomic E-state index is 0.0917. The van der Waals surface area contributed by atoms with Crippen LogP contribution in [0.5, 0.6) is 5.75 Å². The molecule has 3 rings (SSSR count). The number of nitrogens with one attached hydrogen (secondary N) is 1. The van der Waals surface area contributed by atoms with E-state index in [0.29, 0.717) is 23.7 Å². The van der Waals surface area contributed by atoms with Gasteiger partial charge in [0.05, 0.1) is 0 Å². The minimum Gasteiger partial charge on any atom is -0.484 e. The lowest BCUT2D eigenvalue weighted by Gasteiger charge is -2.31. The molecule has 0 saturated heterocycles. The van der Waals surface area contributed by atoms with Gasteiger partial charge in [-0.2, -0.15) is 0 Å². The van der Waals surface area contributed by atoms with Crippen LogP contribution in [0, 0.1) is 3.57 Å². The smallest absolute Gasteiger partial charge is 0.261 e. The summed E-state index contributed by atoms with van der Waals surface area (Å²) >= 11 is 8.23. The van der Waals surface area contributed by atoms with Crippen LogP contribution in [0.15, 0.2) is 48.5 Å². The summed E-state index contributed by atoms with van der Waals surface area (Å²) in [5, 5.41) is 3.78. The monoisotopic (exact) mass is 554 g/mol. The van der Waals surface area contributed by atoms with E-state index in [1.807, 2.05) is 43.3 Å². The normalized spacial score (nSPS) is 14.8. The van der Waals surface area contributed by atoms with E-state index in [9.17, 15) is 9.59 Å². The Morgan fingerprint density at radius 2 is 1.77 bits per heavy atom. The van der Waals surface area contributed by atoms with Crippen LogP contribution in [0.3, 0.4) is 0 Å². The van der Waals surface area contributed by atoms with E-state index in [1.54, 1.807) is 17.0 Å². The van der Waals surface area contributed by atoms with Gasteiger partial charge < -0.3 is 15.0 Å². The van der Waals surface area contributed by atoms with Crippen LogP contribution in [-0.4, -0.2) is 35.4 Å². The predicted molar refractivity (Wildman–Crippen MR) is 131 cm³/mol. The molecule has 7 heteroatoms. The van der Waals surface area contributed by atoms with Gasteiger partial charge in [-0.1, -0.05) is 43.5 Å². The van der Waals surface area contributed by atoms with E-state index in [1.165, 1.54) is 0 Å². The number of halogens is 2. The fourth-order valence-electron chi connectivity index (χ4n) is 3.83. The van der Waals surface area contributed by atoms with Crippen molar-refractivity contribution in [3.8, 4) is 5.75 Å². The van der Waals surface area contributed by atoms with Gasteiger partial charge in [0.1, 0.15) is 11.8 Å². The average Bonchev–Trinajstić information content (AvgIpc) is 3.27. The lowest BCUT2D eigenvalue weighted by molar-refractivity contribution is -0.143. The lowest BCUT2D eigenvalue weighted by atomic mass is 10.1. The van der Waals surface area contributed by atoms with Gasteiger partial charge in [0.15, 0.2) is 6.61 Å². The van der Waals surface area contributed by atoms with E-state index in [-0.39, 0.29) is 24.5 Å². The van der Waals surface area contributed by atoms with Gasteiger partial charge in [-0.05, 0) is 83.8 Å². The maximum absolute atomic E-state index is 13.2. The number of rotatable bonds is 9. The second-order valence-electron chi connectivity index (χ2n) is 7.80. The third-order valence-corrected chi connectivity index (χ3v) is 6.50. The fraction of sp³-hybridized carbons (Fsp3) is 0.417. The first-order valence-electron chi connectivity index (χ1n) is 10.7. The van der Waals surface area contributed by atoms with E-state index in [2.05, 4.69) is 27.9 Å².